The van der Waals surface area contributed by atoms with Crippen LogP contribution in [0.3, 0.4) is 0 Å². The van der Waals surface area contributed by atoms with Crippen LogP contribution in [0.1, 0.15) is 28.6 Å². The molecule has 1 aromatic carbocycles. The Kier molecular flexibility index (Phi) is 5.69. The Morgan fingerprint density at radius 3 is 2.50 bits per heavy atom. The number of benzene rings is 1. The van der Waals surface area contributed by atoms with E-state index in [0.29, 0.717) is 43.3 Å². The number of carbonyl (C=O) groups is 2. The molecule has 0 aliphatic carbocycles. The number of likely N-dealkylation sites (tertiary alicyclic amines) is 1. The van der Waals surface area contributed by atoms with E-state index in [0.717, 1.165) is 18.7 Å². The molecule has 2 fully saturated rings. The highest BCUT2D eigenvalue weighted by atomic mass is 16.5. The summed E-state index contributed by atoms with van der Waals surface area (Å²) >= 11 is 0. The number of aromatic amines is 1. The van der Waals surface area contributed by atoms with Crippen LogP contribution in [-0.4, -0.2) is 76.2 Å². The molecule has 2 saturated heterocycles. The number of nitrogens with zero attached hydrogens (tertiary/aromatic N) is 3. The van der Waals surface area contributed by atoms with E-state index >= 15 is 0 Å². The zero-order valence-corrected chi connectivity index (χ0v) is 17.2. The first-order valence-corrected chi connectivity index (χ1v) is 10.1. The summed E-state index contributed by atoms with van der Waals surface area (Å²) in [4.78, 5) is 29.8. The topological polar surface area (TPSA) is 98.8 Å². The van der Waals surface area contributed by atoms with E-state index in [4.69, 9.17) is 4.74 Å². The molecule has 0 spiro atoms. The first-order chi connectivity index (χ1) is 14.5. The number of carbonyl (C=O) groups excluding carboxylic acids is 2. The number of Topliss-reactive ketones (excluding diaryl/α,β-unsaturated/α-hetero) is 1. The molecule has 158 valence electrons. The summed E-state index contributed by atoms with van der Waals surface area (Å²) < 4.78 is 5.39. The number of amides is 1. The molecule has 1 atom stereocenters. The predicted octanol–water partition coefficient (Wildman–Crippen LogP) is 1.78. The number of aromatic nitrogens is 2. The maximum atomic E-state index is 13.0. The lowest BCUT2D eigenvalue weighted by atomic mass is 9.95. The van der Waals surface area contributed by atoms with Crippen LogP contribution in [0.2, 0.25) is 0 Å². The van der Waals surface area contributed by atoms with Crippen molar-refractivity contribution < 1.29 is 19.4 Å². The van der Waals surface area contributed by atoms with Gasteiger partial charge in [-0.05, 0) is 19.4 Å². The Morgan fingerprint density at radius 2 is 1.87 bits per heavy atom. The van der Waals surface area contributed by atoms with E-state index in [1.807, 2.05) is 30.3 Å². The van der Waals surface area contributed by atoms with Crippen molar-refractivity contribution in [2.24, 2.45) is 0 Å². The number of hydrogen-bond acceptors (Lipinski definition) is 6. The standard InChI is InChI=1S/C22H26N4O4/c1-14-17(15(2)24-23-14)20(27)18-19(16-6-4-3-5-7-16)26(22(29)21(18)28)9-8-25-10-12-30-13-11-25/h3-7,19,27H,8-13H2,1-2H3,(H,23,24)/t19-/m0/s1. The number of aliphatic hydroxyl groups excluding tert-OH is 1. The third-order valence-corrected chi connectivity index (χ3v) is 5.78. The van der Waals surface area contributed by atoms with Crippen LogP contribution >= 0.6 is 0 Å². The van der Waals surface area contributed by atoms with Gasteiger partial charge < -0.3 is 14.7 Å². The Hall–Kier alpha value is -2.97. The van der Waals surface area contributed by atoms with Gasteiger partial charge in [-0.2, -0.15) is 5.10 Å². The number of aliphatic hydroxyl groups is 1. The average Bonchev–Trinajstić information content (AvgIpc) is 3.23. The maximum absolute atomic E-state index is 13.0. The molecule has 30 heavy (non-hydrogen) atoms. The molecule has 2 aliphatic rings. The molecule has 0 radical (unpaired) electrons. The number of nitrogens with one attached hydrogen (secondary N) is 1. The Morgan fingerprint density at radius 1 is 1.17 bits per heavy atom. The van der Waals surface area contributed by atoms with E-state index in [1.54, 1.807) is 18.7 Å². The van der Waals surface area contributed by atoms with Gasteiger partial charge in [0.2, 0.25) is 0 Å². The van der Waals surface area contributed by atoms with Gasteiger partial charge in [0, 0.05) is 31.9 Å². The quantitative estimate of drug-likeness (QED) is 0.443. The first kappa shape index (κ1) is 20.3. The van der Waals surface area contributed by atoms with Crippen LogP contribution in [0.5, 0.6) is 0 Å². The fraction of sp³-hybridized carbons (Fsp3) is 0.409. The molecular formula is C22H26N4O4. The van der Waals surface area contributed by atoms with E-state index in [1.165, 1.54) is 0 Å². The molecule has 2 N–H and O–H groups in total. The highest BCUT2D eigenvalue weighted by Crippen LogP contribution is 2.39. The van der Waals surface area contributed by atoms with Crippen molar-refractivity contribution in [1.82, 2.24) is 20.0 Å². The minimum absolute atomic E-state index is 0.112. The Labute approximate surface area is 175 Å². The molecule has 4 rings (SSSR count). The number of ether oxygens (including phenoxy) is 1. The third kappa shape index (κ3) is 3.64. The van der Waals surface area contributed by atoms with Crippen molar-refractivity contribution in [2.45, 2.75) is 19.9 Å². The first-order valence-electron chi connectivity index (χ1n) is 10.1. The van der Waals surface area contributed by atoms with Crippen LogP contribution in [0.25, 0.3) is 5.76 Å². The summed E-state index contributed by atoms with van der Waals surface area (Å²) in [6, 6.07) is 8.73. The summed E-state index contributed by atoms with van der Waals surface area (Å²) in [5.41, 5.74) is 2.61. The molecule has 2 aromatic rings. The van der Waals surface area contributed by atoms with Crippen molar-refractivity contribution >= 4 is 17.4 Å². The van der Waals surface area contributed by atoms with Crippen molar-refractivity contribution in [3.05, 3.63) is 58.4 Å². The van der Waals surface area contributed by atoms with Gasteiger partial charge in [-0.1, -0.05) is 30.3 Å². The van der Waals surface area contributed by atoms with E-state index in [-0.39, 0.29) is 11.3 Å². The fourth-order valence-electron chi connectivity index (χ4n) is 4.20. The molecule has 0 unspecified atom stereocenters. The van der Waals surface area contributed by atoms with Gasteiger partial charge in [0.15, 0.2) is 0 Å². The Balaban J connectivity index is 1.74. The summed E-state index contributed by atoms with van der Waals surface area (Å²) in [6.07, 6.45) is 0. The molecule has 1 amide bonds. The fourth-order valence-corrected chi connectivity index (χ4v) is 4.20. The molecule has 8 nitrogen and oxygen atoms in total. The monoisotopic (exact) mass is 410 g/mol. The van der Waals surface area contributed by atoms with Gasteiger partial charge in [-0.15, -0.1) is 0 Å². The summed E-state index contributed by atoms with van der Waals surface area (Å²) in [6.45, 7) is 7.50. The van der Waals surface area contributed by atoms with Gasteiger partial charge >= 0.3 is 0 Å². The van der Waals surface area contributed by atoms with E-state index in [9.17, 15) is 14.7 Å². The lowest BCUT2D eigenvalue weighted by molar-refractivity contribution is -0.140. The number of ketones is 1. The lowest BCUT2D eigenvalue weighted by Gasteiger charge is -2.31. The SMILES string of the molecule is Cc1n[nH]c(C)c1C(O)=C1C(=O)C(=O)N(CCN2CCOCC2)[C@H]1c1ccccc1. The van der Waals surface area contributed by atoms with Gasteiger partial charge in [0.05, 0.1) is 36.1 Å². The summed E-state index contributed by atoms with van der Waals surface area (Å²) in [5, 5.41) is 18.1. The predicted molar refractivity (Wildman–Crippen MR) is 111 cm³/mol. The summed E-state index contributed by atoms with van der Waals surface area (Å²) in [5.74, 6) is -1.43. The maximum Gasteiger partial charge on any atom is 0.295 e. The van der Waals surface area contributed by atoms with Crippen LogP contribution in [0.15, 0.2) is 35.9 Å². The van der Waals surface area contributed by atoms with Crippen molar-refractivity contribution in [3.8, 4) is 0 Å². The summed E-state index contributed by atoms with van der Waals surface area (Å²) in [7, 11) is 0. The van der Waals surface area contributed by atoms with Gasteiger partial charge in [0.1, 0.15) is 5.76 Å². The normalized spacial score (nSPS) is 22.1. The number of morpholine rings is 1. The second kappa shape index (κ2) is 8.41. The van der Waals surface area contributed by atoms with Gasteiger partial charge in [-0.3, -0.25) is 19.6 Å². The van der Waals surface area contributed by atoms with Crippen molar-refractivity contribution in [2.75, 3.05) is 39.4 Å². The minimum Gasteiger partial charge on any atom is -0.507 e. The molecule has 2 aliphatic heterocycles. The zero-order chi connectivity index (χ0) is 21.3. The van der Waals surface area contributed by atoms with Crippen molar-refractivity contribution in [3.63, 3.8) is 0 Å². The molecule has 1 aromatic heterocycles. The van der Waals surface area contributed by atoms with Crippen LogP contribution in [0.4, 0.5) is 0 Å². The van der Waals surface area contributed by atoms with E-state index in [2.05, 4.69) is 15.1 Å². The third-order valence-electron chi connectivity index (χ3n) is 5.78. The number of hydrogen-bond donors (Lipinski definition) is 2. The highest BCUT2D eigenvalue weighted by molar-refractivity contribution is 6.46. The highest BCUT2D eigenvalue weighted by Gasteiger charge is 2.46. The minimum atomic E-state index is -0.664. The largest absolute Gasteiger partial charge is 0.507 e. The molecular weight excluding hydrogens is 384 g/mol. The number of rotatable bonds is 5. The number of H-pyrrole nitrogens is 1. The molecule has 0 bridgehead atoms. The van der Waals surface area contributed by atoms with Crippen molar-refractivity contribution in [1.29, 1.82) is 0 Å². The second-order valence-corrected chi connectivity index (χ2v) is 7.67. The zero-order valence-electron chi connectivity index (χ0n) is 17.2. The van der Waals surface area contributed by atoms with Gasteiger partial charge in [-0.25, -0.2) is 0 Å². The Bertz CT molecular complexity index is 957. The van der Waals surface area contributed by atoms with E-state index < -0.39 is 17.7 Å². The lowest BCUT2D eigenvalue weighted by Crippen LogP contribution is -2.42. The van der Waals surface area contributed by atoms with Crippen LogP contribution in [-0.2, 0) is 14.3 Å². The molecule has 8 heteroatoms. The molecule has 3 heterocycles. The van der Waals surface area contributed by atoms with Crippen LogP contribution in [0, 0.1) is 13.8 Å². The average molecular weight is 410 g/mol. The smallest absolute Gasteiger partial charge is 0.295 e. The second-order valence-electron chi connectivity index (χ2n) is 7.67. The van der Waals surface area contributed by atoms with Crippen LogP contribution < -0.4 is 0 Å². The number of aryl methyl sites for hydroxylation is 2. The van der Waals surface area contributed by atoms with Gasteiger partial charge in [0.25, 0.3) is 11.7 Å². The molecule has 0 saturated carbocycles.